The van der Waals surface area contributed by atoms with Gasteiger partial charge in [-0.1, -0.05) is 65.1 Å². The lowest BCUT2D eigenvalue weighted by molar-refractivity contribution is -0.145. The van der Waals surface area contributed by atoms with Crippen LogP contribution < -0.4 is 5.32 Å². The summed E-state index contributed by atoms with van der Waals surface area (Å²) in [7, 11) is 0. The van der Waals surface area contributed by atoms with E-state index in [1.807, 2.05) is 0 Å². The van der Waals surface area contributed by atoms with E-state index in [-0.39, 0.29) is 6.61 Å². The highest BCUT2D eigenvalue weighted by Crippen LogP contribution is 2.26. The molecular weight excluding hydrogens is 341 g/mol. The molecule has 0 saturated carbocycles. The molecule has 0 saturated heterocycles. The third kappa shape index (κ3) is 6.89. The van der Waals surface area contributed by atoms with Crippen LogP contribution in [0.15, 0.2) is 30.3 Å². The summed E-state index contributed by atoms with van der Waals surface area (Å²) < 4.78 is 7.93. The molecule has 0 bridgehead atoms. The van der Waals surface area contributed by atoms with Crippen molar-refractivity contribution >= 4 is 46.9 Å². The topological polar surface area (TPSA) is 64.6 Å². The van der Waals surface area contributed by atoms with E-state index in [0.717, 1.165) is 0 Å². The average molecular weight is 355 g/mol. The molecule has 1 aromatic carbocycles. The number of halogens is 3. The zero-order chi connectivity index (χ0) is 15.9. The maximum absolute atomic E-state index is 11.9. The van der Waals surface area contributed by atoms with Crippen LogP contribution in [0.1, 0.15) is 18.5 Å². The number of rotatable bonds is 5. The molecule has 0 fully saturated rings. The third-order valence-corrected chi connectivity index (χ3v) is 2.61. The molecule has 116 valence electrons. The molecule has 1 unspecified atom stereocenters. The molecule has 0 spiro atoms. The molecule has 0 aliphatic heterocycles. The average Bonchev–Trinajstić information content (AvgIpc) is 2.43. The largest absolute Gasteiger partial charge is 0.464 e. The summed E-state index contributed by atoms with van der Waals surface area (Å²) in [6, 6.07) is 7.61. The van der Waals surface area contributed by atoms with Crippen LogP contribution in [0, 0.1) is 0 Å². The molecule has 1 aromatic rings. The van der Waals surface area contributed by atoms with Gasteiger partial charge >= 0.3 is 12.1 Å². The fraction of sp³-hybridized carbons (Fsp3) is 0.385. The maximum atomic E-state index is 11.9. The van der Waals surface area contributed by atoms with E-state index in [4.69, 9.17) is 44.3 Å². The van der Waals surface area contributed by atoms with Crippen LogP contribution in [0.25, 0.3) is 0 Å². The predicted octanol–water partition coefficient (Wildman–Crippen LogP) is 3.39. The predicted molar refractivity (Wildman–Crippen MR) is 80.6 cm³/mol. The highest BCUT2D eigenvalue weighted by molar-refractivity contribution is 6.67. The third-order valence-electron chi connectivity index (χ3n) is 2.28. The van der Waals surface area contributed by atoms with Crippen molar-refractivity contribution in [2.45, 2.75) is 16.8 Å². The van der Waals surface area contributed by atoms with E-state index in [1.54, 1.807) is 37.3 Å². The summed E-state index contributed by atoms with van der Waals surface area (Å²) >= 11 is 16.4. The highest BCUT2D eigenvalue weighted by Gasteiger charge is 2.27. The zero-order valence-electron chi connectivity index (χ0n) is 11.1. The lowest BCUT2D eigenvalue weighted by Gasteiger charge is -2.18. The molecule has 0 heterocycles. The minimum atomic E-state index is -1.72. The van der Waals surface area contributed by atoms with Crippen molar-refractivity contribution in [1.29, 1.82) is 0 Å². The van der Waals surface area contributed by atoms with Crippen LogP contribution in [0.4, 0.5) is 4.79 Å². The number of esters is 1. The molecule has 1 N–H and O–H groups in total. The molecule has 0 radical (unpaired) electrons. The van der Waals surface area contributed by atoms with Gasteiger partial charge in [0.1, 0.15) is 6.61 Å². The first kappa shape index (κ1) is 17.9. The Balaban J connectivity index is 2.74. The van der Waals surface area contributed by atoms with Gasteiger partial charge in [-0.2, -0.15) is 0 Å². The first-order valence-corrected chi connectivity index (χ1v) is 7.18. The second-order valence-corrected chi connectivity index (χ2v) is 6.45. The number of carbonyl (C=O) groups is 2. The molecule has 1 amide bonds. The molecule has 1 atom stereocenters. The van der Waals surface area contributed by atoms with Gasteiger partial charge in [-0.25, -0.2) is 9.59 Å². The van der Waals surface area contributed by atoms with E-state index in [9.17, 15) is 9.59 Å². The Hall–Kier alpha value is -1.17. The van der Waals surface area contributed by atoms with Crippen LogP contribution in [0.2, 0.25) is 0 Å². The van der Waals surface area contributed by atoms with Crippen LogP contribution in [-0.2, 0) is 14.3 Å². The standard InChI is InChI=1S/C13H14Cl3NO4/c1-2-20-11(18)10(9-6-4-3-5-7-9)17-12(19)21-8-13(14,15)16/h3-7,10H,2,8H2,1H3,(H,17,19). The van der Waals surface area contributed by atoms with Gasteiger partial charge in [-0.05, 0) is 12.5 Å². The van der Waals surface area contributed by atoms with Crippen molar-refractivity contribution in [2.75, 3.05) is 13.2 Å². The second kappa shape index (κ2) is 8.32. The molecule has 0 aliphatic rings. The van der Waals surface area contributed by atoms with Crippen molar-refractivity contribution in [1.82, 2.24) is 5.32 Å². The number of alkyl carbamates (subject to hydrolysis) is 1. The number of benzene rings is 1. The zero-order valence-corrected chi connectivity index (χ0v) is 13.4. The molecule has 0 aromatic heterocycles. The summed E-state index contributed by atoms with van der Waals surface area (Å²) in [5, 5.41) is 2.38. The number of alkyl halides is 3. The Morgan fingerprint density at radius 1 is 1.19 bits per heavy atom. The number of carbonyl (C=O) groups excluding carboxylic acids is 2. The first-order chi connectivity index (χ1) is 9.83. The van der Waals surface area contributed by atoms with Gasteiger partial charge in [0.2, 0.25) is 3.79 Å². The molecule has 1 rings (SSSR count). The lowest BCUT2D eigenvalue weighted by Crippen LogP contribution is -2.36. The number of hydrogen-bond acceptors (Lipinski definition) is 4. The smallest absolute Gasteiger partial charge is 0.408 e. The van der Waals surface area contributed by atoms with Crippen LogP contribution >= 0.6 is 34.8 Å². The van der Waals surface area contributed by atoms with Crippen molar-refractivity contribution < 1.29 is 19.1 Å². The van der Waals surface area contributed by atoms with E-state index in [2.05, 4.69) is 5.32 Å². The quantitative estimate of drug-likeness (QED) is 0.650. The highest BCUT2D eigenvalue weighted by atomic mass is 35.6. The summed E-state index contributed by atoms with van der Waals surface area (Å²) in [5.74, 6) is -0.602. The minimum Gasteiger partial charge on any atom is -0.464 e. The van der Waals surface area contributed by atoms with E-state index in [1.165, 1.54) is 0 Å². The van der Waals surface area contributed by atoms with Crippen molar-refractivity contribution in [3.05, 3.63) is 35.9 Å². The van der Waals surface area contributed by atoms with Gasteiger partial charge in [0, 0.05) is 0 Å². The van der Waals surface area contributed by atoms with Crippen LogP contribution in [0.5, 0.6) is 0 Å². The summed E-state index contributed by atoms with van der Waals surface area (Å²) in [6.45, 7) is 1.42. The van der Waals surface area contributed by atoms with Gasteiger partial charge in [-0.15, -0.1) is 0 Å². The number of amides is 1. The molecule has 0 aliphatic carbocycles. The maximum Gasteiger partial charge on any atom is 0.408 e. The van der Waals surface area contributed by atoms with Crippen LogP contribution in [0.3, 0.4) is 0 Å². The molecular formula is C13H14Cl3NO4. The summed E-state index contributed by atoms with van der Waals surface area (Å²) in [6.07, 6.45) is -0.886. The second-order valence-electron chi connectivity index (χ2n) is 3.93. The molecule has 21 heavy (non-hydrogen) atoms. The van der Waals surface area contributed by atoms with Gasteiger partial charge in [0.15, 0.2) is 6.04 Å². The number of hydrogen-bond donors (Lipinski definition) is 1. The van der Waals surface area contributed by atoms with Gasteiger partial charge in [0.05, 0.1) is 6.61 Å². The first-order valence-electron chi connectivity index (χ1n) is 6.05. The summed E-state index contributed by atoms with van der Waals surface area (Å²) in [4.78, 5) is 23.6. The van der Waals surface area contributed by atoms with Crippen LogP contribution in [-0.4, -0.2) is 29.1 Å². The minimum absolute atomic E-state index is 0.188. The Kier molecular flexibility index (Phi) is 7.08. The monoisotopic (exact) mass is 353 g/mol. The number of ether oxygens (including phenoxy) is 2. The van der Waals surface area contributed by atoms with Gasteiger partial charge < -0.3 is 14.8 Å². The van der Waals surface area contributed by atoms with Crippen molar-refractivity contribution in [3.63, 3.8) is 0 Å². The molecule has 8 heteroatoms. The number of nitrogens with one attached hydrogen (secondary N) is 1. The fourth-order valence-corrected chi connectivity index (χ4v) is 1.62. The van der Waals surface area contributed by atoms with Crippen molar-refractivity contribution in [2.24, 2.45) is 0 Å². The van der Waals surface area contributed by atoms with E-state index in [0.29, 0.717) is 5.56 Å². The normalized spacial score (nSPS) is 12.4. The lowest BCUT2D eigenvalue weighted by atomic mass is 10.1. The van der Waals surface area contributed by atoms with E-state index >= 15 is 0 Å². The Morgan fingerprint density at radius 2 is 1.81 bits per heavy atom. The Bertz CT molecular complexity index is 476. The van der Waals surface area contributed by atoms with Crippen molar-refractivity contribution in [3.8, 4) is 0 Å². The Labute approximate surface area is 137 Å². The molecule has 5 nitrogen and oxygen atoms in total. The fourth-order valence-electron chi connectivity index (χ4n) is 1.46. The van der Waals surface area contributed by atoms with Gasteiger partial charge in [-0.3, -0.25) is 0 Å². The van der Waals surface area contributed by atoms with E-state index < -0.39 is 28.5 Å². The summed E-state index contributed by atoms with van der Waals surface area (Å²) in [5.41, 5.74) is 0.557. The van der Waals surface area contributed by atoms with Gasteiger partial charge in [0.25, 0.3) is 0 Å². The SMILES string of the molecule is CCOC(=O)C(NC(=O)OCC(Cl)(Cl)Cl)c1ccccc1. The Morgan fingerprint density at radius 3 is 2.33 bits per heavy atom.